The largest absolute Gasteiger partial charge is 0 e. The third kappa shape index (κ3) is 7.22. The van der Waals surface area contributed by atoms with Crippen molar-refractivity contribution in [3.63, 3.8) is 0 Å². The van der Waals surface area contributed by atoms with E-state index in [1.54, 1.807) is 0 Å². The molecule has 2 aliphatic rings. The van der Waals surface area contributed by atoms with Crippen LogP contribution in [0.4, 0.5) is 0 Å². The first-order chi connectivity index (χ1) is 9.74. The zero-order valence-corrected chi connectivity index (χ0v) is 14.2. The van der Waals surface area contributed by atoms with Crippen molar-refractivity contribution in [3.05, 3.63) is 50.2 Å². The van der Waals surface area contributed by atoms with Gasteiger partial charge in [-0.3, -0.25) is 4.79 Å². The molecule has 0 aromatic heterocycles. The standard InChI is InChI=1S/C11H13O3.3CO.Re/c1-7-6-8-4-3-5-14-10(8)9(7)11(12)13-2;3*1-2;/h6H,3-5H2,1-2H3;;;;. The molecule has 1 saturated heterocycles. The molecular weight excluding hydrogens is 450 g/mol. The van der Waals surface area contributed by atoms with Crippen molar-refractivity contribution in [1.82, 2.24) is 0 Å². The van der Waals surface area contributed by atoms with E-state index in [1.165, 1.54) is 7.11 Å². The number of ether oxygens (including phenoxy) is 2. The van der Waals surface area contributed by atoms with Crippen LogP contribution in [0, 0.1) is 50.2 Å². The van der Waals surface area contributed by atoms with Crippen LogP contribution in [0.1, 0.15) is 19.8 Å². The first-order valence-corrected chi connectivity index (χ1v) is 5.35. The van der Waals surface area contributed by atoms with Gasteiger partial charge < -0.3 is 9.47 Å². The fourth-order valence-electron chi connectivity index (χ4n) is 1.88. The van der Waals surface area contributed by atoms with Gasteiger partial charge in [0.2, 0.25) is 0 Å². The minimum absolute atomic E-state index is 0. The van der Waals surface area contributed by atoms with Crippen LogP contribution in [0.2, 0.25) is 0 Å². The quantitative estimate of drug-likeness (QED) is 0.334. The monoisotopic (exact) mass is 464 g/mol. The van der Waals surface area contributed by atoms with Gasteiger partial charge in [0.15, 0.2) is 0 Å². The van der Waals surface area contributed by atoms with Gasteiger partial charge in [-0.25, -0.2) is 0 Å². The summed E-state index contributed by atoms with van der Waals surface area (Å²) >= 11 is 0. The number of esters is 1. The van der Waals surface area contributed by atoms with Gasteiger partial charge in [-0.2, -0.15) is 0 Å². The van der Waals surface area contributed by atoms with Crippen molar-refractivity contribution in [2.75, 3.05) is 13.7 Å². The summed E-state index contributed by atoms with van der Waals surface area (Å²) in [7, 11) is 1.39. The van der Waals surface area contributed by atoms with Gasteiger partial charge in [0.25, 0.3) is 0 Å². The van der Waals surface area contributed by atoms with E-state index in [2.05, 4.69) is 20.0 Å². The molecule has 0 N–H and O–H groups in total. The van der Waals surface area contributed by atoms with Gasteiger partial charge in [-0.1, -0.05) is 6.92 Å². The van der Waals surface area contributed by atoms with Crippen LogP contribution in [-0.4, -0.2) is 19.7 Å². The second-order valence-corrected chi connectivity index (χ2v) is 3.50. The first kappa shape index (κ1) is 25.3. The Morgan fingerprint density at radius 2 is 1.76 bits per heavy atom. The summed E-state index contributed by atoms with van der Waals surface area (Å²) in [4.78, 5) is 11.5. The smallest absolute Gasteiger partial charge is 0 e. The second-order valence-electron chi connectivity index (χ2n) is 3.50. The molecule has 1 heterocycles. The first-order valence-electron chi connectivity index (χ1n) is 5.35. The van der Waals surface area contributed by atoms with E-state index in [9.17, 15) is 4.79 Å². The number of hydrogen-bond donors (Lipinski definition) is 0. The van der Waals surface area contributed by atoms with Crippen LogP contribution < -0.4 is 0 Å². The molecule has 21 heavy (non-hydrogen) atoms. The van der Waals surface area contributed by atoms with Crippen molar-refractivity contribution in [3.8, 4) is 0 Å². The molecule has 7 heteroatoms. The third-order valence-electron chi connectivity index (χ3n) is 2.53. The number of hydrogen-bond acceptors (Lipinski definition) is 3. The fourth-order valence-corrected chi connectivity index (χ4v) is 1.88. The Balaban J connectivity index is -0.000000414. The summed E-state index contributed by atoms with van der Waals surface area (Å²) < 4.78 is 32.7. The van der Waals surface area contributed by atoms with Gasteiger partial charge in [-0.15, -0.1) is 0 Å². The molecule has 1 saturated carbocycles. The molecule has 2 fully saturated rings. The summed E-state index contributed by atoms with van der Waals surface area (Å²) in [6.07, 6.45) is 4.77. The molecule has 0 spiro atoms. The average molecular weight is 463 g/mol. The van der Waals surface area contributed by atoms with Gasteiger partial charge in [0.05, 0.1) is 7.11 Å². The summed E-state index contributed by atoms with van der Waals surface area (Å²) in [5.74, 6) is 2.38. The second kappa shape index (κ2) is 15.7. The molecule has 0 amide bonds. The Bertz CT molecular complexity index is 324. The summed E-state index contributed by atoms with van der Waals surface area (Å²) in [6.45, 7) is 16.1. The zero-order valence-electron chi connectivity index (χ0n) is 11.5. The molecule has 112 valence electrons. The Hall–Kier alpha value is -0.688. The van der Waals surface area contributed by atoms with Gasteiger partial charge >= 0.3 is 39.9 Å². The minimum Gasteiger partial charge on any atom is 0 e. The fraction of sp³-hybridized carbons (Fsp3) is 0.357. The summed E-state index contributed by atoms with van der Waals surface area (Å²) in [5, 5.41) is 0. The van der Waals surface area contributed by atoms with Crippen molar-refractivity contribution in [1.29, 1.82) is 0 Å². The molecule has 1 aliphatic heterocycles. The van der Waals surface area contributed by atoms with E-state index in [0.29, 0.717) is 12.5 Å². The normalized spacial score (nSPS) is 17.9. The van der Waals surface area contributed by atoms with Gasteiger partial charge in [0, 0.05) is 32.9 Å². The van der Waals surface area contributed by atoms with Crippen molar-refractivity contribution >= 4 is 5.97 Å². The Morgan fingerprint density at radius 1 is 1.24 bits per heavy atom. The molecule has 0 aromatic rings. The molecular formula is C14H13O6Re. The van der Waals surface area contributed by atoms with Crippen LogP contribution in [0.5, 0.6) is 0 Å². The van der Waals surface area contributed by atoms with Crippen LogP contribution in [0.3, 0.4) is 0 Å². The van der Waals surface area contributed by atoms with Crippen molar-refractivity contribution in [2.24, 2.45) is 0 Å². The van der Waals surface area contributed by atoms with E-state index in [1.807, 2.05) is 13.3 Å². The predicted octanol–water partition coefficient (Wildman–Crippen LogP) is 1.35. The van der Waals surface area contributed by atoms with Crippen molar-refractivity contribution < 1.29 is 48.6 Å². The van der Waals surface area contributed by atoms with Crippen LogP contribution in [-0.2, 0) is 48.6 Å². The molecule has 2 rings (SSSR count). The number of carbonyl (C=O) groups is 1. The van der Waals surface area contributed by atoms with Crippen LogP contribution >= 0.6 is 0 Å². The predicted molar refractivity (Wildman–Crippen MR) is 61.9 cm³/mol. The molecule has 0 atom stereocenters. The Labute approximate surface area is 138 Å². The molecule has 1 aliphatic carbocycles. The molecule has 0 aromatic carbocycles. The molecule has 0 bridgehead atoms. The van der Waals surface area contributed by atoms with Crippen LogP contribution in [0.25, 0.3) is 0 Å². The SMILES string of the molecule is COC(=O)[C]1[C](C)[CH][C]2CCCO[C]21.[C-]#[O+].[C-]#[O+].[C-]#[O+].[Re]. The van der Waals surface area contributed by atoms with E-state index < -0.39 is 0 Å². The summed E-state index contributed by atoms with van der Waals surface area (Å²) in [6, 6.07) is 0. The maximum absolute atomic E-state index is 11.5. The van der Waals surface area contributed by atoms with Crippen molar-refractivity contribution in [2.45, 2.75) is 19.8 Å². The van der Waals surface area contributed by atoms with Gasteiger partial charge in [0.1, 0.15) is 12.0 Å². The zero-order chi connectivity index (χ0) is 16.1. The molecule has 0 unspecified atom stereocenters. The average Bonchev–Trinajstić information content (AvgIpc) is 2.88. The third-order valence-corrected chi connectivity index (χ3v) is 2.53. The van der Waals surface area contributed by atoms with Crippen LogP contribution in [0.15, 0.2) is 0 Å². The van der Waals surface area contributed by atoms with E-state index >= 15 is 0 Å². The van der Waals surface area contributed by atoms with E-state index in [0.717, 1.165) is 30.8 Å². The number of methoxy groups -OCH3 is 1. The number of fused-ring (bicyclic) bond motifs is 1. The Morgan fingerprint density at radius 3 is 2.24 bits per heavy atom. The molecule has 6 nitrogen and oxygen atoms in total. The minimum atomic E-state index is -0.300. The maximum Gasteiger partial charge on any atom is 0 e. The number of rotatable bonds is 1. The van der Waals surface area contributed by atoms with E-state index in [-0.39, 0.29) is 26.4 Å². The van der Waals surface area contributed by atoms with E-state index in [4.69, 9.17) is 23.4 Å². The molecule has 6 radical (unpaired) electrons. The Kier molecular flexibility index (Phi) is 18.9. The number of carbonyl (C=O) groups excluding carboxylic acids is 1. The van der Waals surface area contributed by atoms with Gasteiger partial charge in [-0.05, 0) is 25.2 Å². The topological polar surface area (TPSA) is 95.2 Å². The summed E-state index contributed by atoms with van der Waals surface area (Å²) in [5.41, 5.74) is 0. The maximum atomic E-state index is 11.5.